The molecule has 0 radical (unpaired) electrons. The van der Waals surface area contributed by atoms with Crippen LogP contribution in [-0.2, 0) is 17.8 Å². The van der Waals surface area contributed by atoms with Crippen LogP contribution in [0.1, 0.15) is 12.8 Å². The van der Waals surface area contributed by atoms with Crippen molar-refractivity contribution in [1.29, 1.82) is 0 Å². The molecule has 3 heterocycles. The second-order valence-electron chi connectivity index (χ2n) is 6.98. The van der Waals surface area contributed by atoms with Crippen molar-refractivity contribution in [2.75, 3.05) is 18.5 Å². The number of carbonyl (C=O) groups is 1. The summed E-state index contributed by atoms with van der Waals surface area (Å²) in [5, 5.41) is 12.1. The van der Waals surface area contributed by atoms with Crippen LogP contribution in [0.25, 0.3) is 22.4 Å². The Labute approximate surface area is 172 Å². The number of benzene rings is 2. The van der Waals surface area contributed by atoms with Crippen molar-refractivity contribution >= 4 is 22.5 Å². The molecular weight excluding hydrogens is 384 g/mol. The first kappa shape index (κ1) is 18.2. The molecule has 1 aliphatic rings. The number of nitrogens with zero attached hydrogens (tertiary/aromatic N) is 3. The number of hydrogen-bond acceptors (Lipinski definition) is 6. The van der Waals surface area contributed by atoms with Gasteiger partial charge in [-0.2, -0.15) is 0 Å². The molecular formula is C22H20N4O4. The molecule has 0 saturated carbocycles. The van der Waals surface area contributed by atoms with Crippen LogP contribution >= 0.6 is 0 Å². The van der Waals surface area contributed by atoms with E-state index in [0.29, 0.717) is 48.6 Å². The zero-order valence-corrected chi connectivity index (χ0v) is 16.4. The van der Waals surface area contributed by atoms with E-state index in [0.717, 1.165) is 16.5 Å². The average molecular weight is 404 g/mol. The molecule has 2 aromatic heterocycles. The Kier molecular flexibility index (Phi) is 4.59. The van der Waals surface area contributed by atoms with Gasteiger partial charge < -0.3 is 23.8 Å². The van der Waals surface area contributed by atoms with E-state index in [2.05, 4.69) is 15.5 Å². The third-order valence-electron chi connectivity index (χ3n) is 4.93. The quantitative estimate of drug-likeness (QED) is 0.546. The Morgan fingerprint density at radius 1 is 1.07 bits per heavy atom. The summed E-state index contributed by atoms with van der Waals surface area (Å²) in [7, 11) is 0. The van der Waals surface area contributed by atoms with Gasteiger partial charge in [-0.05, 0) is 35.7 Å². The van der Waals surface area contributed by atoms with E-state index in [-0.39, 0.29) is 12.5 Å². The third kappa shape index (κ3) is 3.47. The molecule has 1 N–H and O–H groups in total. The summed E-state index contributed by atoms with van der Waals surface area (Å²) in [6, 6.07) is 13.2. The first-order valence-corrected chi connectivity index (χ1v) is 9.81. The zero-order valence-electron chi connectivity index (χ0n) is 16.4. The molecule has 1 aliphatic heterocycles. The van der Waals surface area contributed by atoms with E-state index in [1.54, 1.807) is 18.2 Å². The predicted octanol–water partition coefficient (Wildman–Crippen LogP) is 3.66. The van der Waals surface area contributed by atoms with Gasteiger partial charge in [0.25, 0.3) is 0 Å². The molecule has 0 fully saturated rings. The standard InChI is InChI=1S/C22H20N4O4/c1-2-21-24-25-22(30-21)15-4-3-14-7-8-26(17(14)11-15)13-20(27)23-16-5-6-18-19(12-16)29-10-9-28-18/h3-8,11-12H,2,9-10,13H2,1H3,(H,23,27). The summed E-state index contributed by atoms with van der Waals surface area (Å²) in [5.74, 6) is 2.26. The molecule has 2 aromatic carbocycles. The summed E-state index contributed by atoms with van der Waals surface area (Å²) in [6.07, 6.45) is 2.58. The lowest BCUT2D eigenvalue weighted by Crippen LogP contribution is -2.19. The summed E-state index contributed by atoms with van der Waals surface area (Å²) in [5.41, 5.74) is 2.40. The summed E-state index contributed by atoms with van der Waals surface area (Å²) in [6.45, 7) is 3.17. The van der Waals surface area contributed by atoms with Gasteiger partial charge in [-0.1, -0.05) is 13.0 Å². The van der Waals surface area contributed by atoms with Gasteiger partial charge in [0.1, 0.15) is 19.8 Å². The maximum Gasteiger partial charge on any atom is 0.247 e. The molecule has 0 atom stereocenters. The van der Waals surface area contributed by atoms with E-state index >= 15 is 0 Å². The van der Waals surface area contributed by atoms with Crippen molar-refractivity contribution in [2.24, 2.45) is 0 Å². The number of nitrogens with one attached hydrogen (secondary N) is 1. The number of aromatic nitrogens is 3. The third-order valence-corrected chi connectivity index (χ3v) is 4.93. The maximum absolute atomic E-state index is 12.6. The molecule has 0 aliphatic carbocycles. The number of ether oxygens (including phenoxy) is 2. The second kappa shape index (κ2) is 7.55. The zero-order chi connectivity index (χ0) is 20.5. The predicted molar refractivity (Wildman–Crippen MR) is 111 cm³/mol. The number of rotatable bonds is 5. The van der Waals surface area contributed by atoms with Gasteiger partial charge in [-0.3, -0.25) is 4.79 Å². The SMILES string of the molecule is CCc1nnc(-c2ccc3ccn(CC(=O)Nc4ccc5c(c4)OCCO5)c3c2)o1. The lowest BCUT2D eigenvalue weighted by molar-refractivity contribution is -0.116. The minimum absolute atomic E-state index is 0.138. The lowest BCUT2D eigenvalue weighted by Gasteiger charge is -2.19. The Balaban J connectivity index is 1.35. The van der Waals surface area contributed by atoms with Crippen LogP contribution in [0.2, 0.25) is 0 Å². The maximum atomic E-state index is 12.6. The number of carbonyl (C=O) groups excluding carboxylic acids is 1. The Bertz CT molecular complexity index is 1230. The molecule has 0 saturated heterocycles. The van der Waals surface area contributed by atoms with Crippen LogP contribution in [-0.4, -0.2) is 33.9 Å². The van der Waals surface area contributed by atoms with Crippen LogP contribution in [0.4, 0.5) is 5.69 Å². The minimum atomic E-state index is -0.138. The molecule has 30 heavy (non-hydrogen) atoms. The highest BCUT2D eigenvalue weighted by Crippen LogP contribution is 2.32. The lowest BCUT2D eigenvalue weighted by atomic mass is 10.1. The van der Waals surface area contributed by atoms with E-state index in [1.807, 2.05) is 42.0 Å². The van der Waals surface area contributed by atoms with Crippen LogP contribution in [0.3, 0.4) is 0 Å². The first-order chi connectivity index (χ1) is 14.7. The molecule has 8 heteroatoms. The number of hydrogen-bond donors (Lipinski definition) is 1. The largest absolute Gasteiger partial charge is 0.486 e. The number of aryl methyl sites for hydroxylation is 1. The molecule has 0 bridgehead atoms. The normalized spacial score (nSPS) is 12.8. The van der Waals surface area contributed by atoms with E-state index in [9.17, 15) is 4.79 Å². The van der Waals surface area contributed by atoms with Crippen molar-refractivity contribution in [2.45, 2.75) is 19.9 Å². The van der Waals surface area contributed by atoms with Crippen LogP contribution in [0.5, 0.6) is 11.5 Å². The molecule has 1 amide bonds. The van der Waals surface area contributed by atoms with Crippen molar-refractivity contribution in [3.8, 4) is 23.0 Å². The highest BCUT2D eigenvalue weighted by atomic mass is 16.6. The summed E-state index contributed by atoms with van der Waals surface area (Å²) >= 11 is 0. The van der Waals surface area contributed by atoms with Gasteiger partial charge >= 0.3 is 0 Å². The van der Waals surface area contributed by atoms with Crippen molar-refractivity contribution in [3.63, 3.8) is 0 Å². The summed E-state index contributed by atoms with van der Waals surface area (Å²) in [4.78, 5) is 12.6. The second-order valence-corrected chi connectivity index (χ2v) is 6.98. The van der Waals surface area contributed by atoms with Crippen molar-refractivity contribution in [3.05, 3.63) is 54.6 Å². The minimum Gasteiger partial charge on any atom is -0.486 e. The van der Waals surface area contributed by atoms with Crippen LogP contribution in [0.15, 0.2) is 53.1 Å². The molecule has 5 rings (SSSR count). The van der Waals surface area contributed by atoms with Gasteiger partial charge in [0.2, 0.25) is 17.7 Å². The Morgan fingerprint density at radius 3 is 2.77 bits per heavy atom. The monoisotopic (exact) mass is 404 g/mol. The fraction of sp³-hybridized carbons (Fsp3) is 0.227. The summed E-state index contributed by atoms with van der Waals surface area (Å²) < 4.78 is 18.6. The van der Waals surface area contributed by atoms with Gasteiger partial charge in [0, 0.05) is 35.5 Å². The van der Waals surface area contributed by atoms with E-state index in [1.165, 1.54) is 0 Å². The molecule has 0 spiro atoms. The Hall–Kier alpha value is -3.81. The van der Waals surface area contributed by atoms with Crippen LogP contribution < -0.4 is 14.8 Å². The number of amides is 1. The number of anilines is 1. The van der Waals surface area contributed by atoms with Crippen molar-refractivity contribution < 1.29 is 18.7 Å². The number of fused-ring (bicyclic) bond motifs is 2. The van der Waals surface area contributed by atoms with Gasteiger partial charge in [0.05, 0.1) is 0 Å². The Morgan fingerprint density at radius 2 is 1.93 bits per heavy atom. The van der Waals surface area contributed by atoms with Gasteiger partial charge in [-0.15, -0.1) is 10.2 Å². The fourth-order valence-electron chi connectivity index (χ4n) is 3.44. The van der Waals surface area contributed by atoms with Gasteiger partial charge in [0.15, 0.2) is 11.5 Å². The first-order valence-electron chi connectivity index (χ1n) is 9.81. The smallest absolute Gasteiger partial charge is 0.247 e. The fourth-order valence-corrected chi connectivity index (χ4v) is 3.44. The van der Waals surface area contributed by atoms with E-state index in [4.69, 9.17) is 13.9 Å². The van der Waals surface area contributed by atoms with Gasteiger partial charge in [-0.25, -0.2) is 0 Å². The average Bonchev–Trinajstić information content (AvgIpc) is 3.40. The van der Waals surface area contributed by atoms with Crippen LogP contribution in [0, 0.1) is 0 Å². The topological polar surface area (TPSA) is 91.4 Å². The molecule has 4 aromatic rings. The van der Waals surface area contributed by atoms with Crippen molar-refractivity contribution in [1.82, 2.24) is 14.8 Å². The highest BCUT2D eigenvalue weighted by molar-refractivity contribution is 5.93. The molecule has 0 unspecified atom stereocenters. The molecule has 152 valence electrons. The molecule has 8 nitrogen and oxygen atoms in total. The van der Waals surface area contributed by atoms with E-state index < -0.39 is 0 Å². The highest BCUT2D eigenvalue weighted by Gasteiger charge is 2.14.